The van der Waals surface area contributed by atoms with Crippen molar-refractivity contribution in [3.05, 3.63) is 90.6 Å². The van der Waals surface area contributed by atoms with Crippen LogP contribution in [0, 0.1) is 0 Å². The first-order chi connectivity index (χ1) is 19.7. The van der Waals surface area contributed by atoms with Crippen molar-refractivity contribution in [2.24, 2.45) is 4.99 Å². The van der Waals surface area contributed by atoms with Gasteiger partial charge in [0.25, 0.3) is 11.5 Å². The number of thiazole rings is 1. The molecule has 0 radical (unpaired) electrons. The van der Waals surface area contributed by atoms with Crippen LogP contribution >= 0.6 is 23.1 Å². The average Bonchev–Trinajstić information content (AvgIpc) is 3.60. The van der Waals surface area contributed by atoms with Gasteiger partial charge in [-0.3, -0.25) is 14.2 Å². The van der Waals surface area contributed by atoms with Gasteiger partial charge in [-0.15, -0.1) is 11.8 Å². The van der Waals surface area contributed by atoms with E-state index in [-0.39, 0.29) is 24.2 Å². The molecule has 1 fully saturated rings. The SMILES string of the molecule is CSc1ccc([C@@H]2C(C(=O)OC(C)C)=C(C)N=c3s/c(=C\c4ccc(OCC(=O)N5CCCC5)cc4)c(=O)n32)cc1. The molecule has 3 aromatic rings. The Labute approximate surface area is 247 Å². The zero-order chi connectivity index (χ0) is 29.1. The number of amides is 1. The number of rotatable bonds is 8. The molecule has 1 saturated heterocycles. The summed E-state index contributed by atoms with van der Waals surface area (Å²) in [5, 5.41) is 0. The summed E-state index contributed by atoms with van der Waals surface area (Å²) in [5.74, 6) is 0.110. The minimum atomic E-state index is -0.653. The van der Waals surface area contributed by atoms with Gasteiger partial charge in [0, 0.05) is 18.0 Å². The van der Waals surface area contributed by atoms with Gasteiger partial charge in [0.1, 0.15) is 5.75 Å². The normalized spacial score (nSPS) is 17.0. The molecule has 0 unspecified atom stereocenters. The molecule has 3 heterocycles. The topological polar surface area (TPSA) is 90.2 Å². The fourth-order valence-electron chi connectivity index (χ4n) is 4.98. The standard InChI is InChI=1S/C31H33N3O5S2/c1-19(2)39-30(37)27-20(3)32-31-34(28(27)22-9-13-24(40-4)14-10-22)29(36)25(41-31)17-21-7-11-23(12-8-21)38-18-26(35)33-15-5-6-16-33/h7-14,17,19,28H,5-6,15-16,18H2,1-4H3/b25-17-/t28-/m1/s1. The highest BCUT2D eigenvalue weighted by molar-refractivity contribution is 7.98. The largest absolute Gasteiger partial charge is 0.484 e. The second kappa shape index (κ2) is 12.5. The highest BCUT2D eigenvalue weighted by Crippen LogP contribution is 2.32. The Hall–Kier alpha value is -3.63. The fraction of sp³-hybridized carbons (Fsp3) is 0.355. The van der Waals surface area contributed by atoms with E-state index >= 15 is 0 Å². The first-order valence-corrected chi connectivity index (χ1v) is 15.7. The van der Waals surface area contributed by atoms with Crippen molar-refractivity contribution in [3.8, 4) is 5.75 Å². The first-order valence-electron chi connectivity index (χ1n) is 13.6. The summed E-state index contributed by atoms with van der Waals surface area (Å²) in [6.45, 7) is 6.98. The summed E-state index contributed by atoms with van der Waals surface area (Å²) in [6.07, 6.45) is 5.58. The number of nitrogens with zero attached hydrogens (tertiary/aromatic N) is 3. The van der Waals surface area contributed by atoms with Gasteiger partial charge in [-0.2, -0.15) is 0 Å². The number of benzene rings is 2. The molecule has 0 saturated carbocycles. The Bertz CT molecular complexity index is 1650. The Kier molecular flexibility index (Phi) is 8.79. The molecular weight excluding hydrogens is 558 g/mol. The molecule has 0 bridgehead atoms. The summed E-state index contributed by atoms with van der Waals surface area (Å²) in [4.78, 5) is 47.4. The third-order valence-corrected chi connectivity index (χ3v) is 8.74. The van der Waals surface area contributed by atoms with E-state index in [1.165, 1.54) is 11.3 Å². The number of carbonyl (C=O) groups is 2. The van der Waals surface area contributed by atoms with Crippen LogP contribution in [-0.2, 0) is 14.3 Å². The number of fused-ring (bicyclic) bond motifs is 1. The maximum atomic E-state index is 13.8. The van der Waals surface area contributed by atoms with Gasteiger partial charge in [-0.25, -0.2) is 9.79 Å². The van der Waals surface area contributed by atoms with Crippen LogP contribution in [0.5, 0.6) is 5.75 Å². The van der Waals surface area contributed by atoms with Gasteiger partial charge in [0.2, 0.25) is 0 Å². The van der Waals surface area contributed by atoms with Crippen LogP contribution in [0.1, 0.15) is 50.8 Å². The zero-order valence-electron chi connectivity index (χ0n) is 23.6. The maximum absolute atomic E-state index is 13.8. The van der Waals surface area contributed by atoms with E-state index in [0.29, 0.717) is 26.4 Å². The van der Waals surface area contributed by atoms with E-state index in [4.69, 9.17) is 9.47 Å². The van der Waals surface area contributed by atoms with Crippen LogP contribution in [0.2, 0.25) is 0 Å². The number of ether oxygens (including phenoxy) is 2. The number of thioether (sulfide) groups is 1. The second-order valence-corrected chi connectivity index (χ2v) is 12.1. The highest BCUT2D eigenvalue weighted by atomic mass is 32.2. The molecule has 2 aliphatic rings. The predicted octanol–water partition coefficient (Wildman–Crippen LogP) is 3.91. The molecule has 2 aromatic carbocycles. The molecular formula is C31H33N3O5S2. The van der Waals surface area contributed by atoms with E-state index < -0.39 is 12.0 Å². The van der Waals surface area contributed by atoms with Crippen molar-refractivity contribution < 1.29 is 19.1 Å². The molecule has 1 aromatic heterocycles. The third-order valence-electron chi connectivity index (χ3n) is 7.01. The lowest BCUT2D eigenvalue weighted by atomic mass is 9.96. The van der Waals surface area contributed by atoms with Crippen molar-refractivity contribution in [1.29, 1.82) is 0 Å². The second-order valence-electron chi connectivity index (χ2n) is 10.3. The number of esters is 1. The molecule has 214 valence electrons. The van der Waals surface area contributed by atoms with Crippen LogP contribution in [0.25, 0.3) is 6.08 Å². The monoisotopic (exact) mass is 591 g/mol. The summed E-state index contributed by atoms with van der Waals surface area (Å²) >= 11 is 2.91. The van der Waals surface area contributed by atoms with Gasteiger partial charge in [-0.05, 0) is 81.3 Å². The summed E-state index contributed by atoms with van der Waals surface area (Å²) in [6, 6.07) is 14.5. The van der Waals surface area contributed by atoms with Crippen LogP contribution < -0.4 is 19.6 Å². The molecule has 0 N–H and O–H groups in total. The number of aromatic nitrogens is 1. The van der Waals surface area contributed by atoms with Gasteiger partial charge in [-0.1, -0.05) is 35.6 Å². The van der Waals surface area contributed by atoms with Crippen molar-refractivity contribution >= 4 is 41.1 Å². The number of hydrogen-bond acceptors (Lipinski definition) is 8. The lowest BCUT2D eigenvalue weighted by molar-refractivity contribution is -0.143. The predicted molar refractivity (Wildman–Crippen MR) is 161 cm³/mol. The summed E-state index contributed by atoms with van der Waals surface area (Å²) < 4.78 is 13.4. The van der Waals surface area contributed by atoms with E-state index in [1.807, 2.05) is 53.6 Å². The molecule has 0 spiro atoms. The van der Waals surface area contributed by atoms with E-state index in [9.17, 15) is 14.4 Å². The Morgan fingerprint density at radius 1 is 1.10 bits per heavy atom. The van der Waals surface area contributed by atoms with Crippen molar-refractivity contribution in [2.45, 2.75) is 50.7 Å². The van der Waals surface area contributed by atoms with Crippen molar-refractivity contribution in [2.75, 3.05) is 26.0 Å². The minimum absolute atomic E-state index is 0.00253. The zero-order valence-corrected chi connectivity index (χ0v) is 25.2. The molecule has 5 rings (SSSR count). The number of allylic oxidation sites excluding steroid dienone is 1. The molecule has 41 heavy (non-hydrogen) atoms. The van der Waals surface area contributed by atoms with Crippen LogP contribution in [0.15, 0.2) is 74.5 Å². The fourth-order valence-corrected chi connectivity index (χ4v) is 6.43. The Morgan fingerprint density at radius 2 is 1.78 bits per heavy atom. The lowest BCUT2D eigenvalue weighted by Gasteiger charge is -2.25. The number of hydrogen-bond donors (Lipinski definition) is 0. The van der Waals surface area contributed by atoms with Crippen LogP contribution in [0.4, 0.5) is 0 Å². The van der Waals surface area contributed by atoms with Gasteiger partial charge >= 0.3 is 5.97 Å². The lowest BCUT2D eigenvalue weighted by Crippen LogP contribution is -2.40. The van der Waals surface area contributed by atoms with Crippen molar-refractivity contribution in [1.82, 2.24) is 9.47 Å². The van der Waals surface area contributed by atoms with E-state index in [1.54, 1.807) is 49.2 Å². The number of likely N-dealkylation sites (tertiary alicyclic amines) is 1. The first kappa shape index (κ1) is 28.9. The molecule has 10 heteroatoms. The quantitative estimate of drug-likeness (QED) is 0.292. The van der Waals surface area contributed by atoms with Crippen molar-refractivity contribution in [3.63, 3.8) is 0 Å². The molecule has 1 amide bonds. The number of carbonyl (C=O) groups excluding carboxylic acids is 2. The molecule has 2 aliphatic heterocycles. The van der Waals surface area contributed by atoms with Crippen LogP contribution in [-0.4, -0.2) is 53.4 Å². The Morgan fingerprint density at radius 3 is 2.41 bits per heavy atom. The van der Waals surface area contributed by atoms with Gasteiger partial charge < -0.3 is 14.4 Å². The summed E-state index contributed by atoms with van der Waals surface area (Å²) in [7, 11) is 0. The van der Waals surface area contributed by atoms with Gasteiger partial charge in [0.05, 0.1) is 27.9 Å². The van der Waals surface area contributed by atoms with E-state index in [2.05, 4.69) is 4.99 Å². The average molecular weight is 592 g/mol. The minimum Gasteiger partial charge on any atom is -0.484 e. The smallest absolute Gasteiger partial charge is 0.338 e. The molecule has 1 atom stereocenters. The highest BCUT2D eigenvalue weighted by Gasteiger charge is 2.33. The van der Waals surface area contributed by atoms with Gasteiger partial charge in [0.15, 0.2) is 11.4 Å². The van der Waals surface area contributed by atoms with E-state index in [0.717, 1.165) is 42.0 Å². The molecule has 8 nitrogen and oxygen atoms in total. The summed E-state index contributed by atoms with van der Waals surface area (Å²) in [5.41, 5.74) is 2.29. The van der Waals surface area contributed by atoms with Crippen LogP contribution in [0.3, 0.4) is 0 Å². The Balaban J connectivity index is 1.47. The maximum Gasteiger partial charge on any atom is 0.338 e. The third kappa shape index (κ3) is 6.33. The molecule has 0 aliphatic carbocycles.